The standard InChI is InChI=1S/C40H76NO8P/c1-3-5-7-9-11-13-15-17-19-21-23-25-27-29-31-33-40(43)49-38(37-48-50(44,45)47-35-34-41)36-46-39(42)32-30-28-26-24-22-20-18-16-14-12-10-8-6-4-2/h11,13,17,19,38H,3-10,12,14-16,18,20-37,41H2,1-2H3,(H,44,45)/b13-11+,19-17+/t38-/m1/s1. The first kappa shape index (κ1) is 48.5. The van der Waals surface area contributed by atoms with Gasteiger partial charge in [-0.2, -0.15) is 0 Å². The van der Waals surface area contributed by atoms with E-state index in [2.05, 4.69) is 38.2 Å². The first-order chi connectivity index (χ1) is 24.3. The summed E-state index contributed by atoms with van der Waals surface area (Å²) in [5.41, 5.74) is 5.34. The molecular weight excluding hydrogens is 653 g/mol. The maximum atomic E-state index is 12.5. The van der Waals surface area contributed by atoms with Crippen molar-refractivity contribution < 1.29 is 37.6 Å². The SMILES string of the molecule is CCCCC/C=C/C/C=C/CCCCCCCC(=O)O[C@H](COC(=O)CCCCCCCCCCCCCCCC)COP(=O)(O)OCCN. The van der Waals surface area contributed by atoms with E-state index in [0.29, 0.717) is 6.42 Å². The number of hydrogen-bond donors (Lipinski definition) is 2. The molecule has 0 bridgehead atoms. The van der Waals surface area contributed by atoms with Crippen LogP contribution in [0.25, 0.3) is 0 Å². The van der Waals surface area contributed by atoms with Gasteiger partial charge in [-0.25, -0.2) is 4.57 Å². The number of rotatable bonds is 38. The van der Waals surface area contributed by atoms with Crippen molar-refractivity contribution in [2.75, 3.05) is 26.4 Å². The van der Waals surface area contributed by atoms with Gasteiger partial charge in [-0.05, 0) is 44.9 Å². The van der Waals surface area contributed by atoms with Gasteiger partial charge < -0.3 is 20.1 Å². The van der Waals surface area contributed by atoms with Crippen LogP contribution in [0.2, 0.25) is 0 Å². The van der Waals surface area contributed by atoms with Gasteiger partial charge in [0.2, 0.25) is 0 Å². The molecule has 0 aromatic rings. The molecule has 0 aliphatic rings. The Morgan fingerprint density at radius 1 is 0.600 bits per heavy atom. The van der Waals surface area contributed by atoms with Crippen LogP contribution < -0.4 is 5.73 Å². The third-order valence-electron chi connectivity index (χ3n) is 8.59. The molecule has 0 rings (SSSR count). The second-order valence-electron chi connectivity index (χ2n) is 13.5. The molecule has 50 heavy (non-hydrogen) atoms. The van der Waals surface area contributed by atoms with Gasteiger partial charge in [0.15, 0.2) is 6.10 Å². The largest absolute Gasteiger partial charge is 0.472 e. The number of phosphoric ester groups is 1. The summed E-state index contributed by atoms with van der Waals surface area (Å²) in [6, 6.07) is 0. The quantitative estimate of drug-likeness (QED) is 0.0275. The highest BCUT2D eigenvalue weighted by Gasteiger charge is 2.26. The minimum Gasteiger partial charge on any atom is -0.462 e. The van der Waals surface area contributed by atoms with Gasteiger partial charge in [0.05, 0.1) is 13.2 Å². The second-order valence-corrected chi connectivity index (χ2v) is 15.0. The predicted molar refractivity (Wildman–Crippen MR) is 206 cm³/mol. The van der Waals surface area contributed by atoms with Crippen LogP contribution in [-0.2, 0) is 32.7 Å². The summed E-state index contributed by atoms with van der Waals surface area (Å²) in [5, 5.41) is 0. The van der Waals surface area contributed by atoms with Crippen molar-refractivity contribution in [3.8, 4) is 0 Å². The Labute approximate surface area is 306 Å². The minimum absolute atomic E-state index is 0.0523. The van der Waals surface area contributed by atoms with Crippen LogP contribution in [0.3, 0.4) is 0 Å². The summed E-state index contributed by atoms with van der Waals surface area (Å²) in [7, 11) is -4.37. The summed E-state index contributed by atoms with van der Waals surface area (Å²) >= 11 is 0. The summed E-state index contributed by atoms with van der Waals surface area (Å²) in [5.74, 6) is -0.840. The number of hydrogen-bond acceptors (Lipinski definition) is 8. The maximum Gasteiger partial charge on any atom is 0.472 e. The van der Waals surface area contributed by atoms with E-state index < -0.39 is 26.5 Å². The molecule has 0 fully saturated rings. The van der Waals surface area contributed by atoms with Gasteiger partial charge >= 0.3 is 19.8 Å². The number of allylic oxidation sites excluding steroid dienone is 4. The molecule has 0 aromatic carbocycles. The summed E-state index contributed by atoms with van der Waals surface area (Å²) in [6.07, 6.45) is 37.7. The van der Waals surface area contributed by atoms with Crippen molar-refractivity contribution >= 4 is 19.8 Å². The van der Waals surface area contributed by atoms with Crippen LogP contribution in [0.5, 0.6) is 0 Å². The predicted octanol–water partition coefficient (Wildman–Crippen LogP) is 11.2. The summed E-state index contributed by atoms with van der Waals surface area (Å²) in [6.45, 7) is 3.69. The van der Waals surface area contributed by atoms with Crippen LogP contribution >= 0.6 is 7.82 Å². The van der Waals surface area contributed by atoms with Crippen molar-refractivity contribution in [2.45, 2.75) is 193 Å². The fourth-order valence-corrected chi connectivity index (χ4v) is 6.31. The molecular formula is C40H76NO8P. The molecule has 2 atom stereocenters. The van der Waals surface area contributed by atoms with E-state index in [9.17, 15) is 19.0 Å². The molecule has 0 amide bonds. The fraction of sp³-hybridized carbons (Fsp3) is 0.850. The zero-order chi connectivity index (χ0) is 36.8. The van der Waals surface area contributed by atoms with E-state index >= 15 is 0 Å². The van der Waals surface area contributed by atoms with Gasteiger partial charge in [0, 0.05) is 19.4 Å². The Morgan fingerprint density at radius 3 is 1.56 bits per heavy atom. The minimum atomic E-state index is -4.37. The van der Waals surface area contributed by atoms with Crippen LogP contribution in [0.15, 0.2) is 24.3 Å². The van der Waals surface area contributed by atoms with Crippen molar-refractivity contribution in [1.82, 2.24) is 0 Å². The van der Waals surface area contributed by atoms with Gasteiger partial charge in [0.25, 0.3) is 0 Å². The molecule has 0 radical (unpaired) electrons. The molecule has 10 heteroatoms. The highest BCUT2D eigenvalue weighted by molar-refractivity contribution is 7.47. The topological polar surface area (TPSA) is 134 Å². The Hall–Kier alpha value is -1.51. The van der Waals surface area contributed by atoms with Crippen LogP contribution in [0, 0.1) is 0 Å². The van der Waals surface area contributed by atoms with Gasteiger partial charge in [-0.3, -0.25) is 18.6 Å². The van der Waals surface area contributed by atoms with E-state index in [1.807, 2.05) is 0 Å². The van der Waals surface area contributed by atoms with Crippen molar-refractivity contribution in [1.29, 1.82) is 0 Å². The maximum absolute atomic E-state index is 12.5. The lowest BCUT2D eigenvalue weighted by molar-refractivity contribution is -0.161. The Morgan fingerprint density at radius 2 is 1.04 bits per heavy atom. The Kier molecular flexibility index (Phi) is 36.1. The molecule has 1 unspecified atom stereocenters. The lowest BCUT2D eigenvalue weighted by Crippen LogP contribution is -2.29. The monoisotopic (exact) mass is 730 g/mol. The lowest BCUT2D eigenvalue weighted by Gasteiger charge is -2.19. The van der Waals surface area contributed by atoms with Crippen molar-refractivity contribution in [2.24, 2.45) is 5.73 Å². The van der Waals surface area contributed by atoms with E-state index in [-0.39, 0.29) is 38.6 Å². The van der Waals surface area contributed by atoms with E-state index in [1.165, 1.54) is 96.3 Å². The Bertz CT molecular complexity index is 881. The summed E-state index contributed by atoms with van der Waals surface area (Å²) < 4.78 is 32.7. The van der Waals surface area contributed by atoms with Crippen molar-refractivity contribution in [3.63, 3.8) is 0 Å². The molecule has 0 spiro atoms. The molecule has 0 aliphatic heterocycles. The molecule has 0 aliphatic carbocycles. The summed E-state index contributed by atoms with van der Waals surface area (Å²) in [4.78, 5) is 34.8. The normalized spacial score (nSPS) is 13.6. The second kappa shape index (κ2) is 37.3. The number of nitrogens with two attached hydrogens (primary N) is 1. The van der Waals surface area contributed by atoms with E-state index in [1.54, 1.807) is 0 Å². The third kappa shape index (κ3) is 36.3. The average molecular weight is 730 g/mol. The first-order valence-corrected chi connectivity index (χ1v) is 21.8. The number of esters is 2. The first-order valence-electron chi connectivity index (χ1n) is 20.3. The number of ether oxygens (including phenoxy) is 2. The Balaban J connectivity index is 4.20. The lowest BCUT2D eigenvalue weighted by atomic mass is 10.0. The van der Waals surface area contributed by atoms with Gasteiger partial charge in [-0.15, -0.1) is 0 Å². The highest BCUT2D eigenvalue weighted by Crippen LogP contribution is 2.43. The van der Waals surface area contributed by atoms with Crippen LogP contribution in [0.1, 0.15) is 187 Å². The highest BCUT2D eigenvalue weighted by atomic mass is 31.2. The molecule has 0 saturated heterocycles. The number of phosphoric acid groups is 1. The number of carbonyl (C=O) groups excluding carboxylic acids is 2. The van der Waals surface area contributed by atoms with Gasteiger partial charge in [0.1, 0.15) is 6.61 Å². The fourth-order valence-electron chi connectivity index (χ4n) is 5.55. The van der Waals surface area contributed by atoms with Crippen molar-refractivity contribution in [3.05, 3.63) is 24.3 Å². The third-order valence-corrected chi connectivity index (χ3v) is 9.57. The van der Waals surface area contributed by atoms with Crippen LogP contribution in [-0.4, -0.2) is 49.3 Å². The molecule has 0 saturated carbocycles. The van der Waals surface area contributed by atoms with Crippen LogP contribution in [0.4, 0.5) is 0 Å². The zero-order valence-electron chi connectivity index (χ0n) is 32.1. The van der Waals surface area contributed by atoms with Gasteiger partial charge in [-0.1, -0.05) is 154 Å². The average Bonchev–Trinajstić information content (AvgIpc) is 3.10. The molecule has 294 valence electrons. The number of carbonyl (C=O) groups is 2. The molecule has 3 N–H and O–H groups in total. The molecule has 0 aromatic heterocycles. The smallest absolute Gasteiger partial charge is 0.462 e. The van der Waals surface area contributed by atoms with E-state index in [4.69, 9.17) is 24.3 Å². The van der Waals surface area contributed by atoms with E-state index in [0.717, 1.165) is 57.8 Å². The molecule has 0 heterocycles. The zero-order valence-corrected chi connectivity index (χ0v) is 33.0. The molecule has 9 nitrogen and oxygen atoms in total. The number of unbranched alkanes of at least 4 members (excludes halogenated alkanes) is 21.